The van der Waals surface area contributed by atoms with Crippen molar-refractivity contribution >= 4 is 18.1 Å². The Morgan fingerprint density at radius 3 is 2.95 bits per heavy atom. The van der Waals surface area contributed by atoms with Gasteiger partial charge in [0.15, 0.2) is 4.77 Å². The molecule has 2 N–H and O–H groups in total. The van der Waals surface area contributed by atoms with Gasteiger partial charge in [0.25, 0.3) is 5.91 Å². The van der Waals surface area contributed by atoms with Gasteiger partial charge < -0.3 is 14.6 Å². The maximum Gasteiger partial charge on any atom is 0.251 e. The lowest BCUT2D eigenvalue weighted by Gasteiger charge is -2.09. The van der Waals surface area contributed by atoms with Gasteiger partial charge in [-0.3, -0.25) is 9.89 Å². The van der Waals surface area contributed by atoms with Gasteiger partial charge in [0.05, 0.1) is 6.61 Å². The molecular weight excluding hydrogens is 300 g/mol. The minimum Gasteiger partial charge on any atom is -0.380 e. The lowest BCUT2D eigenvalue weighted by Crippen LogP contribution is -2.27. The number of ether oxygens (including phenoxy) is 1. The molecule has 0 radical (unpaired) electrons. The first-order valence-corrected chi connectivity index (χ1v) is 7.57. The Bertz CT molecular complexity index is 693. The van der Waals surface area contributed by atoms with Crippen LogP contribution in [-0.4, -0.2) is 34.3 Å². The predicted octanol–water partition coefficient (Wildman–Crippen LogP) is 2.08. The number of H-pyrrole nitrogens is 1. The summed E-state index contributed by atoms with van der Waals surface area (Å²) in [5.41, 5.74) is 1.51. The zero-order valence-corrected chi connectivity index (χ0v) is 13.6. The first-order chi connectivity index (χ1) is 10.7. The Labute approximate surface area is 134 Å². The van der Waals surface area contributed by atoms with Gasteiger partial charge in [0.1, 0.15) is 5.82 Å². The summed E-state index contributed by atoms with van der Waals surface area (Å²) in [7, 11) is 1.61. The molecule has 1 aromatic carbocycles. The topological polar surface area (TPSA) is 71.9 Å². The molecule has 2 aromatic rings. The molecule has 0 saturated carbocycles. The number of carbonyl (C=O) groups excluding carboxylic acids is 1. The molecule has 0 aliphatic carbocycles. The van der Waals surface area contributed by atoms with Crippen LogP contribution in [0.25, 0.3) is 0 Å². The predicted molar refractivity (Wildman–Crippen MR) is 86.3 cm³/mol. The first kappa shape index (κ1) is 16.4. The highest BCUT2D eigenvalue weighted by molar-refractivity contribution is 7.71. The molecule has 7 heteroatoms. The Hall–Kier alpha value is -1.99. The summed E-state index contributed by atoms with van der Waals surface area (Å²) >= 11 is 5.14. The number of amides is 1. The molecule has 0 bridgehead atoms. The fraction of sp³-hybridized carbons (Fsp3) is 0.400. The molecule has 0 aliphatic heterocycles. The third-order valence-corrected chi connectivity index (χ3v) is 3.66. The summed E-state index contributed by atoms with van der Waals surface area (Å²) in [6.07, 6.45) is 0.624. The van der Waals surface area contributed by atoms with E-state index in [4.69, 9.17) is 17.0 Å². The normalized spacial score (nSPS) is 10.6. The second kappa shape index (κ2) is 7.86. The molecule has 1 heterocycles. The van der Waals surface area contributed by atoms with E-state index in [0.29, 0.717) is 29.9 Å². The van der Waals surface area contributed by atoms with E-state index in [1.807, 2.05) is 29.7 Å². The zero-order valence-electron chi connectivity index (χ0n) is 12.8. The van der Waals surface area contributed by atoms with Crippen molar-refractivity contribution in [3.8, 4) is 0 Å². The van der Waals surface area contributed by atoms with Crippen molar-refractivity contribution in [2.75, 3.05) is 13.7 Å². The summed E-state index contributed by atoms with van der Waals surface area (Å²) < 4.78 is 7.64. The van der Waals surface area contributed by atoms with Crippen LogP contribution in [-0.2, 0) is 24.3 Å². The molecule has 1 amide bonds. The van der Waals surface area contributed by atoms with Gasteiger partial charge in [-0.25, -0.2) is 0 Å². The number of rotatable bonds is 7. The number of carbonyl (C=O) groups is 1. The molecule has 118 valence electrons. The van der Waals surface area contributed by atoms with Crippen LogP contribution in [0.4, 0.5) is 0 Å². The molecular formula is C15H20N4O2S. The molecule has 0 atom stereocenters. The number of hydrogen-bond acceptors (Lipinski definition) is 4. The number of nitrogens with one attached hydrogen (secondary N) is 2. The van der Waals surface area contributed by atoms with Crippen LogP contribution in [0, 0.1) is 4.77 Å². The number of aromatic amines is 1. The van der Waals surface area contributed by atoms with Gasteiger partial charge in [0.2, 0.25) is 0 Å². The van der Waals surface area contributed by atoms with E-state index < -0.39 is 0 Å². The second-order valence-electron chi connectivity index (χ2n) is 4.79. The molecule has 1 aromatic heterocycles. The second-order valence-corrected chi connectivity index (χ2v) is 5.17. The van der Waals surface area contributed by atoms with E-state index in [0.717, 1.165) is 17.9 Å². The number of hydrogen-bond donors (Lipinski definition) is 2. The van der Waals surface area contributed by atoms with Gasteiger partial charge >= 0.3 is 0 Å². The van der Waals surface area contributed by atoms with Crippen molar-refractivity contribution in [2.24, 2.45) is 0 Å². The maximum atomic E-state index is 12.3. The third kappa shape index (κ3) is 3.80. The van der Waals surface area contributed by atoms with Crippen LogP contribution < -0.4 is 5.32 Å². The Morgan fingerprint density at radius 1 is 1.45 bits per heavy atom. The van der Waals surface area contributed by atoms with Gasteiger partial charge in [-0.05, 0) is 30.8 Å². The van der Waals surface area contributed by atoms with Crippen molar-refractivity contribution in [3.63, 3.8) is 0 Å². The Kier molecular flexibility index (Phi) is 5.85. The summed E-state index contributed by atoms with van der Waals surface area (Å²) in [6, 6.07) is 7.42. The lowest BCUT2D eigenvalue weighted by molar-refractivity contribution is 0.0949. The van der Waals surface area contributed by atoms with Crippen LogP contribution in [0.3, 0.4) is 0 Å². The number of benzene rings is 1. The maximum absolute atomic E-state index is 12.3. The largest absolute Gasteiger partial charge is 0.380 e. The van der Waals surface area contributed by atoms with Crippen molar-refractivity contribution in [2.45, 2.75) is 26.5 Å². The quantitative estimate of drug-likeness (QED) is 0.766. The molecule has 2 rings (SSSR count). The number of aromatic nitrogens is 3. The Balaban J connectivity index is 1.97. The SMILES string of the molecule is CCn1c(CCNC(=O)c2ccccc2COC)n[nH]c1=S. The van der Waals surface area contributed by atoms with Crippen molar-refractivity contribution in [1.82, 2.24) is 20.1 Å². The average Bonchev–Trinajstić information content (AvgIpc) is 2.88. The van der Waals surface area contributed by atoms with E-state index >= 15 is 0 Å². The monoisotopic (exact) mass is 320 g/mol. The van der Waals surface area contributed by atoms with Gasteiger partial charge in [-0.2, -0.15) is 5.10 Å². The van der Waals surface area contributed by atoms with E-state index in [1.54, 1.807) is 13.2 Å². The Morgan fingerprint density at radius 2 is 2.23 bits per heavy atom. The molecule has 0 unspecified atom stereocenters. The van der Waals surface area contributed by atoms with Crippen LogP contribution in [0.5, 0.6) is 0 Å². The van der Waals surface area contributed by atoms with Gasteiger partial charge in [-0.1, -0.05) is 18.2 Å². The minimum atomic E-state index is -0.107. The highest BCUT2D eigenvalue weighted by atomic mass is 32.1. The van der Waals surface area contributed by atoms with E-state index in [-0.39, 0.29) is 5.91 Å². The molecule has 0 fully saturated rings. The van der Waals surface area contributed by atoms with E-state index in [9.17, 15) is 4.79 Å². The fourth-order valence-corrected chi connectivity index (χ4v) is 2.55. The highest BCUT2D eigenvalue weighted by Crippen LogP contribution is 2.09. The van der Waals surface area contributed by atoms with Crippen molar-refractivity contribution in [1.29, 1.82) is 0 Å². The average molecular weight is 320 g/mol. The first-order valence-electron chi connectivity index (χ1n) is 7.16. The summed E-state index contributed by atoms with van der Waals surface area (Å²) in [4.78, 5) is 12.3. The molecule has 0 saturated heterocycles. The minimum absolute atomic E-state index is 0.107. The van der Waals surface area contributed by atoms with E-state index in [1.165, 1.54) is 0 Å². The number of methoxy groups -OCH3 is 1. The number of nitrogens with zero attached hydrogens (tertiary/aromatic N) is 2. The van der Waals surface area contributed by atoms with Crippen LogP contribution in [0.1, 0.15) is 28.7 Å². The van der Waals surface area contributed by atoms with Crippen LogP contribution in [0.15, 0.2) is 24.3 Å². The van der Waals surface area contributed by atoms with Crippen molar-refractivity contribution < 1.29 is 9.53 Å². The zero-order chi connectivity index (χ0) is 15.9. The smallest absolute Gasteiger partial charge is 0.251 e. The summed E-state index contributed by atoms with van der Waals surface area (Å²) in [5, 5.41) is 9.86. The van der Waals surface area contributed by atoms with Gasteiger partial charge in [-0.15, -0.1) is 0 Å². The van der Waals surface area contributed by atoms with E-state index in [2.05, 4.69) is 15.5 Å². The molecule has 22 heavy (non-hydrogen) atoms. The van der Waals surface area contributed by atoms with Crippen LogP contribution in [0.2, 0.25) is 0 Å². The molecule has 0 aliphatic rings. The summed E-state index contributed by atoms with van der Waals surface area (Å²) in [5.74, 6) is 0.739. The summed E-state index contributed by atoms with van der Waals surface area (Å²) in [6.45, 7) is 3.68. The lowest BCUT2D eigenvalue weighted by atomic mass is 10.1. The van der Waals surface area contributed by atoms with Crippen molar-refractivity contribution in [3.05, 3.63) is 46.0 Å². The third-order valence-electron chi connectivity index (χ3n) is 3.35. The molecule has 0 spiro atoms. The van der Waals surface area contributed by atoms with Gasteiger partial charge in [0, 0.05) is 32.2 Å². The fourth-order valence-electron chi connectivity index (χ4n) is 2.27. The standard InChI is InChI=1S/C15H20N4O2S/c1-3-19-13(17-18-15(19)22)8-9-16-14(20)12-7-5-4-6-11(12)10-21-2/h4-7H,3,8-10H2,1-2H3,(H,16,20)(H,18,22). The van der Waals surface area contributed by atoms with Crippen LogP contribution >= 0.6 is 12.2 Å². The molecule has 6 nitrogen and oxygen atoms in total. The highest BCUT2D eigenvalue weighted by Gasteiger charge is 2.11.